The normalized spacial score (nSPS) is 14.2. The average molecular weight is 282 g/mol. The highest BCUT2D eigenvalue weighted by Gasteiger charge is 2.10. The Morgan fingerprint density at radius 3 is 2.71 bits per heavy atom. The van der Waals surface area contributed by atoms with Gasteiger partial charge in [-0.1, -0.05) is 30.3 Å². The van der Waals surface area contributed by atoms with Crippen molar-refractivity contribution >= 4 is 11.5 Å². The maximum atomic E-state index is 11.1. The van der Waals surface area contributed by atoms with Crippen LogP contribution in [0.3, 0.4) is 0 Å². The molecule has 1 aliphatic heterocycles. The summed E-state index contributed by atoms with van der Waals surface area (Å²) in [6.45, 7) is 4.43. The number of primary amides is 1. The molecule has 0 unspecified atom stereocenters. The summed E-state index contributed by atoms with van der Waals surface area (Å²) >= 11 is 0. The highest BCUT2D eigenvalue weighted by molar-refractivity contribution is 5.90. The molecule has 0 fully saturated rings. The Morgan fingerprint density at radius 1 is 1.38 bits per heavy atom. The summed E-state index contributed by atoms with van der Waals surface area (Å²) in [6.07, 6.45) is 2.21. The largest absolute Gasteiger partial charge is 0.364 e. The minimum Gasteiger partial charge on any atom is -0.364 e. The molecule has 21 heavy (non-hydrogen) atoms. The maximum absolute atomic E-state index is 11.1. The van der Waals surface area contributed by atoms with Gasteiger partial charge in [-0.05, 0) is 29.7 Å². The molecule has 5 nitrogen and oxygen atoms in total. The predicted molar refractivity (Wildman–Crippen MR) is 81.9 cm³/mol. The number of rotatable bonds is 4. The average Bonchev–Trinajstić information content (AvgIpc) is 3.10. The van der Waals surface area contributed by atoms with Gasteiger partial charge in [0.15, 0.2) is 0 Å². The summed E-state index contributed by atoms with van der Waals surface area (Å²) in [4.78, 5) is 11.1. The lowest BCUT2D eigenvalue weighted by atomic mass is 10.0. The Bertz CT molecular complexity index is 698. The van der Waals surface area contributed by atoms with Crippen molar-refractivity contribution in [2.75, 3.05) is 13.1 Å². The highest BCUT2D eigenvalue weighted by atomic mass is 16.1. The van der Waals surface area contributed by atoms with Gasteiger partial charge in [0.25, 0.3) is 5.91 Å². The van der Waals surface area contributed by atoms with E-state index < -0.39 is 5.91 Å². The van der Waals surface area contributed by atoms with Gasteiger partial charge in [0.1, 0.15) is 5.69 Å². The van der Waals surface area contributed by atoms with Crippen molar-refractivity contribution in [1.29, 1.82) is 0 Å². The standard InChI is InChI=1S/C16H18N4O/c1-11-8-15(16(17)21)19-20(11)10-12-2-4-13(5-3-12)14-6-7-18-9-14/h2-6,8,18H,7,9-10H2,1H3,(H2,17,21). The molecule has 1 amide bonds. The molecule has 0 bridgehead atoms. The van der Waals surface area contributed by atoms with Crippen LogP contribution in [0.4, 0.5) is 0 Å². The summed E-state index contributed by atoms with van der Waals surface area (Å²) in [5, 5.41) is 7.52. The van der Waals surface area contributed by atoms with Crippen molar-refractivity contribution in [2.45, 2.75) is 13.5 Å². The number of aromatic nitrogens is 2. The second-order valence-electron chi connectivity index (χ2n) is 5.25. The zero-order chi connectivity index (χ0) is 14.8. The Morgan fingerprint density at radius 2 is 2.14 bits per heavy atom. The van der Waals surface area contributed by atoms with E-state index in [1.165, 1.54) is 11.1 Å². The number of nitrogens with zero attached hydrogens (tertiary/aromatic N) is 2. The predicted octanol–water partition coefficient (Wildman–Crippen LogP) is 1.33. The molecular formula is C16H18N4O. The van der Waals surface area contributed by atoms with Gasteiger partial charge in [0.2, 0.25) is 0 Å². The molecule has 1 aromatic carbocycles. The van der Waals surface area contributed by atoms with Gasteiger partial charge < -0.3 is 11.1 Å². The molecule has 108 valence electrons. The van der Waals surface area contributed by atoms with E-state index in [0.29, 0.717) is 12.2 Å². The molecule has 1 aliphatic rings. The fourth-order valence-electron chi connectivity index (χ4n) is 2.48. The van der Waals surface area contributed by atoms with Crippen LogP contribution in [0.1, 0.15) is 27.3 Å². The summed E-state index contributed by atoms with van der Waals surface area (Å²) in [5.74, 6) is -0.493. The van der Waals surface area contributed by atoms with Crippen LogP contribution < -0.4 is 11.1 Å². The van der Waals surface area contributed by atoms with Crippen LogP contribution in [0, 0.1) is 6.92 Å². The molecule has 0 saturated heterocycles. The molecule has 1 aromatic heterocycles. The number of benzene rings is 1. The minimum atomic E-state index is -0.493. The second kappa shape index (κ2) is 5.54. The number of nitrogens with two attached hydrogens (primary N) is 1. The summed E-state index contributed by atoms with van der Waals surface area (Å²) in [5.41, 5.74) is 10.2. The smallest absolute Gasteiger partial charge is 0.269 e. The van der Waals surface area contributed by atoms with E-state index in [2.05, 4.69) is 40.8 Å². The molecule has 0 aliphatic carbocycles. The number of nitrogens with one attached hydrogen (secondary N) is 1. The maximum Gasteiger partial charge on any atom is 0.269 e. The van der Waals surface area contributed by atoms with Crippen LogP contribution in [-0.2, 0) is 6.54 Å². The van der Waals surface area contributed by atoms with Crippen molar-refractivity contribution in [2.24, 2.45) is 5.73 Å². The first-order chi connectivity index (χ1) is 10.1. The molecule has 2 aromatic rings. The zero-order valence-electron chi connectivity index (χ0n) is 12.0. The Hall–Kier alpha value is -2.40. The van der Waals surface area contributed by atoms with Crippen LogP contribution in [0.15, 0.2) is 36.4 Å². The quantitative estimate of drug-likeness (QED) is 0.888. The number of hydrogen-bond acceptors (Lipinski definition) is 3. The zero-order valence-corrected chi connectivity index (χ0v) is 12.0. The number of aryl methyl sites for hydroxylation is 1. The number of amides is 1. The Labute approximate surface area is 123 Å². The molecule has 0 radical (unpaired) electrons. The first-order valence-corrected chi connectivity index (χ1v) is 6.97. The van der Waals surface area contributed by atoms with E-state index in [9.17, 15) is 4.79 Å². The lowest BCUT2D eigenvalue weighted by molar-refractivity contribution is 0.0995. The summed E-state index contributed by atoms with van der Waals surface area (Å²) < 4.78 is 1.80. The van der Waals surface area contributed by atoms with Crippen molar-refractivity contribution in [3.8, 4) is 0 Å². The van der Waals surface area contributed by atoms with E-state index in [-0.39, 0.29) is 0 Å². The van der Waals surface area contributed by atoms with E-state index in [1.54, 1.807) is 10.7 Å². The van der Waals surface area contributed by atoms with Crippen molar-refractivity contribution in [1.82, 2.24) is 15.1 Å². The van der Waals surface area contributed by atoms with Gasteiger partial charge in [-0.3, -0.25) is 9.48 Å². The monoisotopic (exact) mass is 282 g/mol. The van der Waals surface area contributed by atoms with Crippen molar-refractivity contribution in [3.63, 3.8) is 0 Å². The van der Waals surface area contributed by atoms with Crippen LogP contribution >= 0.6 is 0 Å². The SMILES string of the molecule is Cc1cc(C(N)=O)nn1Cc1ccc(C2=CCNC2)cc1. The molecule has 2 heterocycles. The Balaban J connectivity index is 1.77. The van der Waals surface area contributed by atoms with Crippen LogP contribution in [0.2, 0.25) is 0 Å². The first kappa shape index (κ1) is 13.6. The van der Waals surface area contributed by atoms with Gasteiger partial charge in [0.05, 0.1) is 6.54 Å². The topological polar surface area (TPSA) is 72.9 Å². The lowest BCUT2D eigenvalue weighted by Crippen LogP contribution is -2.13. The third-order valence-corrected chi connectivity index (χ3v) is 3.70. The van der Waals surface area contributed by atoms with E-state index in [1.807, 2.05) is 6.92 Å². The molecule has 3 rings (SSSR count). The van der Waals surface area contributed by atoms with Crippen molar-refractivity contribution in [3.05, 3.63) is 58.9 Å². The fraction of sp³-hybridized carbons (Fsp3) is 0.250. The van der Waals surface area contributed by atoms with Crippen LogP contribution in [0.25, 0.3) is 5.57 Å². The third kappa shape index (κ3) is 2.87. The summed E-state index contributed by atoms with van der Waals surface area (Å²) in [7, 11) is 0. The molecular weight excluding hydrogens is 264 g/mol. The fourth-order valence-corrected chi connectivity index (χ4v) is 2.48. The molecule has 0 atom stereocenters. The van der Waals surface area contributed by atoms with Gasteiger partial charge in [-0.15, -0.1) is 0 Å². The minimum absolute atomic E-state index is 0.311. The molecule has 0 spiro atoms. The molecule has 3 N–H and O–H groups in total. The van der Waals surface area contributed by atoms with Gasteiger partial charge in [-0.2, -0.15) is 5.10 Å². The summed E-state index contributed by atoms with van der Waals surface area (Å²) in [6, 6.07) is 10.2. The molecule has 5 heteroatoms. The number of carbonyl (C=O) groups is 1. The van der Waals surface area contributed by atoms with Crippen LogP contribution in [0.5, 0.6) is 0 Å². The van der Waals surface area contributed by atoms with Gasteiger partial charge >= 0.3 is 0 Å². The van der Waals surface area contributed by atoms with Crippen molar-refractivity contribution < 1.29 is 4.79 Å². The Kier molecular flexibility index (Phi) is 3.58. The van der Waals surface area contributed by atoms with Gasteiger partial charge in [-0.25, -0.2) is 0 Å². The van der Waals surface area contributed by atoms with E-state index >= 15 is 0 Å². The highest BCUT2D eigenvalue weighted by Crippen LogP contribution is 2.17. The molecule has 0 saturated carbocycles. The van der Waals surface area contributed by atoms with E-state index in [0.717, 1.165) is 24.3 Å². The number of hydrogen-bond donors (Lipinski definition) is 2. The van der Waals surface area contributed by atoms with Crippen LogP contribution in [-0.4, -0.2) is 28.8 Å². The first-order valence-electron chi connectivity index (χ1n) is 6.97. The second-order valence-corrected chi connectivity index (χ2v) is 5.25. The van der Waals surface area contributed by atoms with E-state index in [4.69, 9.17) is 5.73 Å². The lowest BCUT2D eigenvalue weighted by Gasteiger charge is -2.07. The third-order valence-electron chi connectivity index (χ3n) is 3.70. The number of carbonyl (C=O) groups excluding carboxylic acids is 1. The van der Waals surface area contributed by atoms with Gasteiger partial charge in [0, 0.05) is 18.8 Å².